The summed E-state index contributed by atoms with van der Waals surface area (Å²) in [4.78, 5) is 24.5. The van der Waals surface area contributed by atoms with Crippen LogP contribution in [0.2, 0.25) is 0 Å². The van der Waals surface area contributed by atoms with Crippen LogP contribution in [0.15, 0.2) is 24.3 Å². The molecular weight excluding hydrogens is 268 g/mol. The molecule has 0 aliphatic rings. The van der Waals surface area contributed by atoms with Gasteiger partial charge >= 0.3 is 5.97 Å². The van der Waals surface area contributed by atoms with E-state index in [1.54, 1.807) is 24.3 Å². The predicted molar refractivity (Wildman–Crippen MR) is 82.2 cm³/mol. The van der Waals surface area contributed by atoms with Crippen LogP contribution in [0, 0.1) is 5.92 Å². The number of carbonyl (C=O) groups is 2. The Kier molecular flexibility index (Phi) is 6.37. The molecule has 0 saturated carbocycles. The lowest BCUT2D eigenvalue weighted by Gasteiger charge is -2.21. The van der Waals surface area contributed by atoms with Crippen molar-refractivity contribution in [3.8, 4) is 0 Å². The molecule has 0 heterocycles. The minimum Gasteiger partial charge on any atom is -0.478 e. The van der Waals surface area contributed by atoms with Crippen LogP contribution in [0.1, 0.15) is 36.7 Å². The molecule has 21 heavy (non-hydrogen) atoms. The van der Waals surface area contributed by atoms with Crippen molar-refractivity contribution in [1.29, 1.82) is 0 Å². The Morgan fingerprint density at radius 1 is 1.19 bits per heavy atom. The van der Waals surface area contributed by atoms with E-state index in [-0.39, 0.29) is 17.5 Å². The van der Waals surface area contributed by atoms with Gasteiger partial charge in [0.2, 0.25) is 5.91 Å². The summed E-state index contributed by atoms with van der Waals surface area (Å²) < 4.78 is 0. The lowest BCUT2D eigenvalue weighted by Crippen LogP contribution is -2.41. The standard InChI is InChI=1S/C16H24N2O3/c1-11(2)12(3)17-15(19)10-18(4)9-13-5-7-14(8-6-13)16(20)21/h5-8,11-12H,9-10H2,1-4H3,(H,17,19)(H,20,21). The largest absolute Gasteiger partial charge is 0.478 e. The molecule has 0 aliphatic carbocycles. The third-order valence-corrected chi connectivity index (χ3v) is 3.46. The average Bonchev–Trinajstić information content (AvgIpc) is 2.38. The number of hydrogen-bond acceptors (Lipinski definition) is 3. The summed E-state index contributed by atoms with van der Waals surface area (Å²) in [6.45, 7) is 7.05. The molecule has 0 radical (unpaired) electrons. The second-order valence-corrected chi connectivity index (χ2v) is 5.77. The van der Waals surface area contributed by atoms with Crippen LogP contribution in [0.5, 0.6) is 0 Å². The number of hydrogen-bond donors (Lipinski definition) is 2. The lowest BCUT2D eigenvalue weighted by molar-refractivity contribution is -0.122. The van der Waals surface area contributed by atoms with E-state index in [1.165, 1.54) is 0 Å². The molecule has 1 aromatic rings. The van der Waals surface area contributed by atoms with Crippen LogP contribution in [-0.2, 0) is 11.3 Å². The van der Waals surface area contributed by atoms with Gasteiger partial charge in [0.05, 0.1) is 12.1 Å². The number of likely N-dealkylation sites (N-methyl/N-ethyl adjacent to an activating group) is 1. The fourth-order valence-corrected chi connectivity index (χ4v) is 1.83. The van der Waals surface area contributed by atoms with E-state index in [1.807, 2.05) is 18.9 Å². The molecule has 0 spiro atoms. The van der Waals surface area contributed by atoms with Crippen LogP contribution < -0.4 is 5.32 Å². The molecule has 0 aliphatic heterocycles. The maximum atomic E-state index is 11.9. The van der Waals surface area contributed by atoms with Crippen molar-refractivity contribution in [3.05, 3.63) is 35.4 Å². The van der Waals surface area contributed by atoms with Crippen LogP contribution in [-0.4, -0.2) is 41.5 Å². The van der Waals surface area contributed by atoms with Crippen LogP contribution in [0.25, 0.3) is 0 Å². The molecule has 2 N–H and O–H groups in total. The van der Waals surface area contributed by atoms with Crippen LogP contribution >= 0.6 is 0 Å². The van der Waals surface area contributed by atoms with Crippen molar-refractivity contribution in [2.24, 2.45) is 5.92 Å². The quantitative estimate of drug-likeness (QED) is 0.806. The Morgan fingerprint density at radius 2 is 1.76 bits per heavy atom. The highest BCUT2D eigenvalue weighted by Gasteiger charge is 2.12. The van der Waals surface area contributed by atoms with Crippen molar-refractivity contribution >= 4 is 11.9 Å². The van der Waals surface area contributed by atoms with Gasteiger partial charge in [-0.05, 0) is 37.6 Å². The first-order valence-corrected chi connectivity index (χ1v) is 7.09. The van der Waals surface area contributed by atoms with Crippen LogP contribution in [0.4, 0.5) is 0 Å². The van der Waals surface area contributed by atoms with Gasteiger partial charge in [-0.2, -0.15) is 0 Å². The smallest absolute Gasteiger partial charge is 0.335 e. The predicted octanol–water partition coefficient (Wildman–Crippen LogP) is 1.98. The zero-order valence-corrected chi connectivity index (χ0v) is 13.1. The van der Waals surface area contributed by atoms with Crippen molar-refractivity contribution < 1.29 is 14.7 Å². The van der Waals surface area contributed by atoms with Crippen molar-refractivity contribution in [2.75, 3.05) is 13.6 Å². The number of nitrogens with one attached hydrogen (secondary N) is 1. The fraction of sp³-hybridized carbons (Fsp3) is 0.500. The molecule has 1 rings (SSSR count). The van der Waals surface area contributed by atoms with Gasteiger partial charge in [-0.3, -0.25) is 9.69 Å². The zero-order valence-electron chi connectivity index (χ0n) is 13.1. The number of nitrogens with zero attached hydrogens (tertiary/aromatic N) is 1. The number of aromatic carboxylic acids is 1. The van der Waals surface area contributed by atoms with Gasteiger partial charge in [0, 0.05) is 12.6 Å². The molecule has 1 atom stereocenters. The first-order valence-electron chi connectivity index (χ1n) is 7.09. The van der Waals surface area contributed by atoms with Crippen molar-refractivity contribution in [2.45, 2.75) is 33.4 Å². The number of carbonyl (C=O) groups excluding carboxylic acids is 1. The fourth-order valence-electron chi connectivity index (χ4n) is 1.83. The highest BCUT2D eigenvalue weighted by molar-refractivity contribution is 5.87. The second kappa shape index (κ2) is 7.78. The van der Waals surface area contributed by atoms with Gasteiger partial charge in [-0.15, -0.1) is 0 Å². The minimum absolute atomic E-state index is 0.000793. The van der Waals surface area contributed by atoms with E-state index in [2.05, 4.69) is 19.2 Å². The monoisotopic (exact) mass is 292 g/mol. The van der Waals surface area contributed by atoms with Gasteiger partial charge in [0.15, 0.2) is 0 Å². The third kappa shape index (κ3) is 5.95. The molecule has 0 fully saturated rings. The number of rotatable bonds is 7. The Balaban J connectivity index is 2.47. The van der Waals surface area contributed by atoms with E-state index in [4.69, 9.17) is 5.11 Å². The first-order chi connectivity index (χ1) is 9.79. The summed E-state index contributed by atoms with van der Waals surface area (Å²) >= 11 is 0. The summed E-state index contributed by atoms with van der Waals surface area (Å²) in [5, 5.41) is 11.8. The molecule has 5 heteroatoms. The molecule has 1 aromatic carbocycles. The summed E-state index contributed by atoms with van der Waals surface area (Å²) in [6, 6.07) is 6.85. The Morgan fingerprint density at radius 3 is 2.24 bits per heavy atom. The number of amides is 1. The molecule has 5 nitrogen and oxygen atoms in total. The molecule has 1 amide bonds. The Labute approximate surface area is 126 Å². The maximum Gasteiger partial charge on any atom is 0.335 e. The average molecular weight is 292 g/mol. The topological polar surface area (TPSA) is 69.6 Å². The minimum atomic E-state index is -0.933. The molecule has 1 unspecified atom stereocenters. The van der Waals surface area contributed by atoms with E-state index >= 15 is 0 Å². The zero-order chi connectivity index (χ0) is 16.0. The highest BCUT2D eigenvalue weighted by Crippen LogP contribution is 2.07. The maximum absolute atomic E-state index is 11.9. The van der Waals surface area contributed by atoms with Crippen molar-refractivity contribution in [1.82, 2.24) is 10.2 Å². The normalized spacial score (nSPS) is 12.5. The SMILES string of the molecule is CC(C)C(C)NC(=O)CN(C)Cc1ccc(C(=O)O)cc1. The van der Waals surface area contributed by atoms with E-state index in [0.29, 0.717) is 19.0 Å². The Hall–Kier alpha value is -1.88. The molecule has 0 aromatic heterocycles. The number of benzene rings is 1. The van der Waals surface area contributed by atoms with Gasteiger partial charge in [0.25, 0.3) is 0 Å². The van der Waals surface area contributed by atoms with Crippen molar-refractivity contribution in [3.63, 3.8) is 0 Å². The highest BCUT2D eigenvalue weighted by atomic mass is 16.4. The summed E-state index contributed by atoms with van der Waals surface area (Å²) in [5.74, 6) is -0.527. The molecule has 116 valence electrons. The third-order valence-electron chi connectivity index (χ3n) is 3.46. The molecule has 0 bridgehead atoms. The number of carboxylic acids is 1. The Bertz CT molecular complexity index is 483. The van der Waals surface area contributed by atoms with Gasteiger partial charge in [0.1, 0.15) is 0 Å². The first kappa shape index (κ1) is 17.2. The van der Waals surface area contributed by atoms with E-state index in [0.717, 1.165) is 5.56 Å². The van der Waals surface area contributed by atoms with Crippen LogP contribution in [0.3, 0.4) is 0 Å². The summed E-state index contributed by atoms with van der Waals surface area (Å²) in [6.07, 6.45) is 0. The number of carboxylic acid groups (broad SMARTS) is 1. The van der Waals surface area contributed by atoms with Gasteiger partial charge < -0.3 is 10.4 Å². The molecular formula is C16H24N2O3. The lowest BCUT2D eigenvalue weighted by atomic mass is 10.1. The second-order valence-electron chi connectivity index (χ2n) is 5.77. The van der Waals surface area contributed by atoms with E-state index in [9.17, 15) is 9.59 Å². The summed E-state index contributed by atoms with van der Waals surface area (Å²) in [7, 11) is 1.87. The van der Waals surface area contributed by atoms with Gasteiger partial charge in [-0.25, -0.2) is 4.79 Å². The van der Waals surface area contributed by atoms with Gasteiger partial charge in [-0.1, -0.05) is 26.0 Å². The summed E-state index contributed by atoms with van der Waals surface area (Å²) in [5.41, 5.74) is 1.25. The van der Waals surface area contributed by atoms with E-state index < -0.39 is 5.97 Å². The molecule has 0 saturated heterocycles.